The van der Waals surface area contributed by atoms with Gasteiger partial charge in [0, 0.05) is 63.8 Å². The topological polar surface area (TPSA) is 139 Å². The molecule has 3 heterocycles. The Balaban J connectivity index is 1.07. The van der Waals surface area contributed by atoms with Crippen molar-refractivity contribution in [2.24, 2.45) is 0 Å². The van der Waals surface area contributed by atoms with Gasteiger partial charge in [-0.1, -0.05) is 85.6 Å². The van der Waals surface area contributed by atoms with E-state index in [4.69, 9.17) is 24.2 Å². The number of rotatable bonds is 15. The molecular formula is C40H51N3O8. The molecule has 0 radical (unpaired) electrons. The van der Waals surface area contributed by atoms with E-state index in [-0.39, 0.29) is 37.0 Å². The maximum Gasteiger partial charge on any atom is 0.243 e. The van der Waals surface area contributed by atoms with Crippen LogP contribution in [0.1, 0.15) is 92.4 Å². The molecule has 1 spiro atoms. The summed E-state index contributed by atoms with van der Waals surface area (Å²) in [6.07, 6.45) is 5.53. The summed E-state index contributed by atoms with van der Waals surface area (Å²) in [6.45, 7) is 4.34. The van der Waals surface area contributed by atoms with Crippen LogP contribution in [-0.2, 0) is 41.7 Å². The normalized spacial score (nSPS) is 21.8. The van der Waals surface area contributed by atoms with Gasteiger partial charge in [0.05, 0.1) is 32.0 Å². The van der Waals surface area contributed by atoms with Gasteiger partial charge >= 0.3 is 0 Å². The van der Waals surface area contributed by atoms with Crippen molar-refractivity contribution in [1.82, 2.24) is 15.7 Å². The smallest absolute Gasteiger partial charge is 0.243 e. The van der Waals surface area contributed by atoms with Crippen molar-refractivity contribution in [1.29, 1.82) is 0 Å². The standard InChI is InChI=1S/C40H51N3O8/c44-28-29-11-13-31(14-12-29)36-25-34(27-43-21-19-40(20-22-43)48-23-24-49-40)50-39(51-36)32-17-15-30(16-18-32)35-8-6-5-7-33(35)26-41-37(45)9-3-1-2-4-10-38(46)42-47/h5-8,11-18,34,36,39,44,47H,1-4,9-10,19-28H2,(H,41,45)(H,42,46)/t34-,36+,39+/m0/s1. The van der Waals surface area contributed by atoms with Crippen molar-refractivity contribution in [2.45, 2.75) is 95.2 Å². The molecular weight excluding hydrogens is 650 g/mol. The highest BCUT2D eigenvalue weighted by molar-refractivity contribution is 5.76. The minimum Gasteiger partial charge on any atom is -0.392 e. The van der Waals surface area contributed by atoms with E-state index in [0.29, 0.717) is 32.6 Å². The Morgan fingerprint density at radius 2 is 1.47 bits per heavy atom. The van der Waals surface area contributed by atoms with Crippen LogP contribution in [0.5, 0.6) is 0 Å². The largest absolute Gasteiger partial charge is 0.392 e. The van der Waals surface area contributed by atoms with Crippen LogP contribution in [0.3, 0.4) is 0 Å². The zero-order valence-corrected chi connectivity index (χ0v) is 29.3. The van der Waals surface area contributed by atoms with Gasteiger partial charge in [-0.15, -0.1) is 0 Å². The second kappa shape index (κ2) is 18.2. The van der Waals surface area contributed by atoms with Crippen LogP contribution in [0.4, 0.5) is 0 Å². The average molecular weight is 702 g/mol. The third-order valence-electron chi connectivity index (χ3n) is 10.2. The number of carbonyl (C=O) groups excluding carboxylic acids is 2. The molecule has 3 aromatic rings. The van der Waals surface area contributed by atoms with E-state index in [0.717, 1.165) is 91.5 Å². The zero-order chi connectivity index (χ0) is 35.5. The van der Waals surface area contributed by atoms with Gasteiger partial charge in [0.25, 0.3) is 0 Å². The highest BCUT2D eigenvalue weighted by atomic mass is 16.7. The molecule has 3 fully saturated rings. The summed E-state index contributed by atoms with van der Waals surface area (Å²) in [5, 5.41) is 21.2. The lowest BCUT2D eigenvalue weighted by Gasteiger charge is -2.41. The third-order valence-corrected chi connectivity index (χ3v) is 10.2. The second-order valence-electron chi connectivity index (χ2n) is 13.8. The Labute approximate surface area is 300 Å². The minimum absolute atomic E-state index is 0.000722. The van der Waals surface area contributed by atoms with Crippen LogP contribution >= 0.6 is 0 Å². The van der Waals surface area contributed by atoms with Crippen molar-refractivity contribution in [3.05, 3.63) is 95.1 Å². The summed E-state index contributed by atoms with van der Waals surface area (Å²) in [5.41, 5.74) is 7.63. The zero-order valence-electron chi connectivity index (χ0n) is 29.3. The molecule has 0 bridgehead atoms. The highest BCUT2D eigenvalue weighted by Crippen LogP contribution is 2.40. The molecule has 274 valence electrons. The highest BCUT2D eigenvalue weighted by Gasteiger charge is 2.41. The maximum absolute atomic E-state index is 12.6. The lowest BCUT2D eigenvalue weighted by Crippen LogP contribution is -2.48. The minimum atomic E-state index is -0.542. The van der Waals surface area contributed by atoms with E-state index in [1.807, 2.05) is 42.5 Å². The van der Waals surface area contributed by atoms with Gasteiger partial charge in [0.2, 0.25) is 11.8 Å². The molecule has 3 aliphatic heterocycles. The molecule has 11 heteroatoms. The first-order valence-corrected chi connectivity index (χ1v) is 18.3. The lowest BCUT2D eigenvalue weighted by atomic mass is 9.97. The van der Waals surface area contributed by atoms with E-state index in [9.17, 15) is 14.7 Å². The van der Waals surface area contributed by atoms with Gasteiger partial charge in [-0.25, -0.2) is 5.48 Å². The van der Waals surface area contributed by atoms with Gasteiger partial charge in [0.15, 0.2) is 12.1 Å². The van der Waals surface area contributed by atoms with Gasteiger partial charge in [0.1, 0.15) is 0 Å². The first-order chi connectivity index (χ1) is 24.9. The number of carbonyl (C=O) groups is 2. The Morgan fingerprint density at radius 1 is 0.804 bits per heavy atom. The second-order valence-corrected chi connectivity index (χ2v) is 13.8. The summed E-state index contributed by atoms with van der Waals surface area (Å²) < 4.78 is 25.1. The number of likely N-dealkylation sites (tertiary alicyclic amines) is 1. The molecule has 3 aliphatic rings. The number of unbranched alkanes of at least 4 members (excludes halogenated alkanes) is 3. The monoisotopic (exact) mass is 701 g/mol. The molecule has 0 aliphatic carbocycles. The number of amides is 2. The molecule has 0 aromatic heterocycles. The number of benzene rings is 3. The average Bonchev–Trinajstić information content (AvgIpc) is 3.64. The molecule has 3 saturated heterocycles. The molecule has 11 nitrogen and oxygen atoms in total. The van der Waals surface area contributed by atoms with Crippen LogP contribution in [0.2, 0.25) is 0 Å². The third kappa shape index (κ3) is 10.2. The number of hydrogen-bond donors (Lipinski definition) is 4. The number of aliphatic hydroxyl groups excluding tert-OH is 1. The van der Waals surface area contributed by atoms with E-state index in [1.165, 1.54) is 0 Å². The Bertz CT molecular complexity index is 1550. The van der Waals surface area contributed by atoms with E-state index < -0.39 is 12.1 Å². The van der Waals surface area contributed by atoms with Crippen molar-refractivity contribution >= 4 is 11.8 Å². The van der Waals surface area contributed by atoms with Crippen molar-refractivity contribution in [3.63, 3.8) is 0 Å². The van der Waals surface area contributed by atoms with Gasteiger partial charge < -0.3 is 34.3 Å². The van der Waals surface area contributed by atoms with Gasteiger partial charge in [-0.2, -0.15) is 0 Å². The molecule has 0 saturated carbocycles. The number of hydroxylamine groups is 1. The van der Waals surface area contributed by atoms with Crippen LogP contribution < -0.4 is 10.8 Å². The van der Waals surface area contributed by atoms with E-state index in [1.54, 1.807) is 5.48 Å². The summed E-state index contributed by atoms with van der Waals surface area (Å²) in [5.74, 6) is -0.796. The number of nitrogens with zero attached hydrogens (tertiary/aromatic N) is 1. The SMILES string of the molecule is O=C(CCCCCCC(=O)NCc1ccccc1-c1ccc([C@@H]2O[C@H](CN3CCC4(CC3)OCCO4)C[C@H](c3ccc(CO)cc3)O2)cc1)NO. The van der Waals surface area contributed by atoms with Crippen molar-refractivity contribution in [3.8, 4) is 11.1 Å². The predicted molar refractivity (Wildman–Crippen MR) is 190 cm³/mol. The molecule has 4 N–H and O–H groups in total. The lowest BCUT2D eigenvalue weighted by molar-refractivity contribution is -0.255. The van der Waals surface area contributed by atoms with E-state index in [2.05, 4.69) is 40.5 Å². The molecule has 6 rings (SSSR count). The van der Waals surface area contributed by atoms with Crippen LogP contribution in [-0.4, -0.2) is 71.8 Å². The summed E-state index contributed by atoms with van der Waals surface area (Å²) >= 11 is 0. The number of piperidine rings is 1. The maximum atomic E-state index is 12.6. The van der Waals surface area contributed by atoms with Crippen LogP contribution in [0, 0.1) is 0 Å². The number of aliphatic hydroxyl groups is 1. The number of ether oxygens (including phenoxy) is 4. The quantitative estimate of drug-likeness (QED) is 0.0894. The van der Waals surface area contributed by atoms with Crippen LogP contribution in [0.15, 0.2) is 72.8 Å². The Hall–Kier alpha value is -3.68. The molecule has 0 unspecified atom stereocenters. The first-order valence-electron chi connectivity index (χ1n) is 18.3. The summed E-state index contributed by atoms with van der Waals surface area (Å²) in [6, 6.07) is 24.4. The fourth-order valence-corrected chi connectivity index (χ4v) is 7.22. The van der Waals surface area contributed by atoms with Crippen molar-refractivity contribution in [2.75, 3.05) is 32.8 Å². The van der Waals surface area contributed by atoms with E-state index >= 15 is 0 Å². The fraction of sp³-hybridized carbons (Fsp3) is 0.500. The summed E-state index contributed by atoms with van der Waals surface area (Å²) in [4.78, 5) is 26.1. The first kappa shape index (κ1) is 37.1. The summed E-state index contributed by atoms with van der Waals surface area (Å²) in [7, 11) is 0. The van der Waals surface area contributed by atoms with Crippen LogP contribution in [0.25, 0.3) is 11.1 Å². The van der Waals surface area contributed by atoms with Gasteiger partial charge in [-0.3, -0.25) is 14.8 Å². The Morgan fingerprint density at radius 3 is 2.16 bits per heavy atom. The predicted octanol–water partition coefficient (Wildman–Crippen LogP) is 5.69. The molecule has 3 aromatic carbocycles. The van der Waals surface area contributed by atoms with Gasteiger partial charge in [-0.05, 0) is 40.7 Å². The van der Waals surface area contributed by atoms with Crippen molar-refractivity contribution < 1.29 is 38.9 Å². The number of nitrogens with one attached hydrogen (secondary N) is 2. The fourth-order valence-electron chi connectivity index (χ4n) is 7.22. The molecule has 2 amide bonds. The molecule has 3 atom stereocenters. The Kier molecular flexibility index (Phi) is 13.2. The molecule has 51 heavy (non-hydrogen) atoms. The number of hydrogen-bond acceptors (Lipinski definition) is 9.